The summed E-state index contributed by atoms with van der Waals surface area (Å²) in [6.07, 6.45) is 2.78. The van der Waals surface area contributed by atoms with Gasteiger partial charge in [-0.25, -0.2) is 8.78 Å². The van der Waals surface area contributed by atoms with Crippen molar-refractivity contribution in [3.8, 4) is 0 Å². The van der Waals surface area contributed by atoms with Crippen molar-refractivity contribution in [2.45, 2.75) is 53.0 Å². The zero-order valence-corrected chi connectivity index (χ0v) is 13.4. The second-order valence-corrected chi connectivity index (χ2v) is 5.97. The predicted molar refractivity (Wildman–Crippen MR) is 83.7 cm³/mol. The molecule has 21 heavy (non-hydrogen) atoms. The van der Waals surface area contributed by atoms with Crippen molar-refractivity contribution in [3.63, 3.8) is 0 Å². The van der Waals surface area contributed by atoms with Gasteiger partial charge in [-0.3, -0.25) is 5.41 Å². The third-order valence-electron chi connectivity index (χ3n) is 3.58. The Bertz CT molecular complexity index is 452. The molecule has 0 amide bonds. The van der Waals surface area contributed by atoms with Gasteiger partial charge in [0.25, 0.3) is 0 Å². The first kappa shape index (κ1) is 17.6. The Labute approximate surface area is 126 Å². The fourth-order valence-electron chi connectivity index (χ4n) is 2.56. The normalized spacial score (nSPS) is 12.5. The Kier molecular flexibility index (Phi) is 6.79. The van der Waals surface area contributed by atoms with E-state index in [0.29, 0.717) is 12.5 Å². The zero-order chi connectivity index (χ0) is 16.0. The van der Waals surface area contributed by atoms with Crippen molar-refractivity contribution in [2.75, 3.05) is 6.54 Å². The molecule has 0 heterocycles. The monoisotopic (exact) mass is 296 g/mol. The molecule has 0 aliphatic carbocycles. The molecular formula is C17H26F2N2. The maximum atomic E-state index is 13.9. The van der Waals surface area contributed by atoms with Crippen LogP contribution in [-0.2, 0) is 0 Å². The van der Waals surface area contributed by atoms with Gasteiger partial charge < -0.3 is 4.90 Å². The first-order valence-corrected chi connectivity index (χ1v) is 7.68. The van der Waals surface area contributed by atoms with Gasteiger partial charge >= 0.3 is 0 Å². The molecule has 1 aromatic carbocycles. The minimum absolute atomic E-state index is 0.0489. The predicted octanol–water partition coefficient (Wildman–Crippen LogP) is 4.83. The number of amidine groups is 1. The number of halogens is 2. The molecule has 0 aromatic heterocycles. The summed E-state index contributed by atoms with van der Waals surface area (Å²) in [5.74, 6) is -0.911. The molecule has 0 saturated heterocycles. The van der Waals surface area contributed by atoms with Crippen LogP contribution < -0.4 is 0 Å². The van der Waals surface area contributed by atoms with E-state index in [1.807, 2.05) is 11.8 Å². The summed E-state index contributed by atoms with van der Waals surface area (Å²) >= 11 is 0. The van der Waals surface area contributed by atoms with Crippen molar-refractivity contribution in [1.29, 1.82) is 5.41 Å². The van der Waals surface area contributed by atoms with Gasteiger partial charge in [0.1, 0.15) is 17.5 Å². The Morgan fingerprint density at radius 2 is 1.76 bits per heavy atom. The van der Waals surface area contributed by atoms with Crippen molar-refractivity contribution in [1.82, 2.24) is 4.90 Å². The molecule has 2 nitrogen and oxygen atoms in total. The standard InChI is InChI=1S/C17H26F2N2/c1-5-6-10-21(13(4)11-12(2)3)17(20)16-14(18)8-7-9-15(16)19/h7-9,12-13,20H,5-6,10-11H2,1-4H3. The van der Waals surface area contributed by atoms with Gasteiger partial charge in [-0.2, -0.15) is 0 Å². The van der Waals surface area contributed by atoms with Crippen LogP contribution in [0.25, 0.3) is 0 Å². The summed E-state index contributed by atoms with van der Waals surface area (Å²) in [5, 5.41) is 8.27. The lowest BCUT2D eigenvalue weighted by Gasteiger charge is -2.33. The van der Waals surface area contributed by atoms with E-state index < -0.39 is 11.6 Å². The molecular weight excluding hydrogens is 270 g/mol. The molecule has 1 N–H and O–H groups in total. The van der Waals surface area contributed by atoms with E-state index in [1.165, 1.54) is 18.2 Å². The molecule has 0 saturated carbocycles. The van der Waals surface area contributed by atoms with Crippen LogP contribution >= 0.6 is 0 Å². The minimum atomic E-state index is -0.668. The molecule has 0 radical (unpaired) electrons. The molecule has 0 bridgehead atoms. The molecule has 1 unspecified atom stereocenters. The number of nitrogens with zero attached hydrogens (tertiary/aromatic N) is 1. The first-order chi connectivity index (χ1) is 9.88. The molecule has 1 rings (SSSR count). The molecule has 0 spiro atoms. The maximum Gasteiger partial charge on any atom is 0.137 e. The van der Waals surface area contributed by atoms with Crippen LogP contribution in [0.3, 0.4) is 0 Å². The number of unbranched alkanes of at least 4 members (excludes halogenated alkanes) is 1. The summed E-state index contributed by atoms with van der Waals surface area (Å²) in [7, 11) is 0. The van der Waals surface area contributed by atoms with Gasteiger partial charge in [-0.05, 0) is 37.8 Å². The van der Waals surface area contributed by atoms with Crippen LogP contribution in [0.2, 0.25) is 0 Å². The third-order valence-corrected chi connectivity index (χ3v) is 3.58. The van der Waals surface area contributed by atoms with Crippen molar-refractivity contribution in [2.24, 2.45) is 5.92 Å². The lowest BCUT2D eigenvalue weighted by molar-refractivity contribution is 0.282. The van der Waals surface area contributed by atoms with Crippen LogP contribution in [0.1, 0.15) is 52.5 Å². The summed E-state index contributed by atoms with van der Waals surface area (Å²) in [6, 6.07) is 3.83. The van der Waals surface area contributed by atoms with E-state index in [0.717, 1.165) is 19.3 Å². The largest absolute Gasteiger partial charge is 0.354 e. The fourth-order valence-corrected chi connectivity index (χ4v) is 2.56. The molecule has 1 aromatic rings. The Hall–Kier alpha value is -1.45. The van der Waals surface area contributed by atoms with Crippen LogP contribution in [0.15, 0.2) is 18.2 Å². The summed E-state index contributed by atoms with van der Waals surface area (Å²) < 4.78 is 27.8. The zero-order valence-electron chi connectivity index (χ0n) is 13.4. The molecule has 118 valence electrons. The average Bonchev–Trinajstić information content (AvgIpc) is 2.38. The SMILES string of the molecule is CCCCN(C(=N)c1c(F)cccc1F)C(C)CC(C)C. The van der Waals surface area contributed by atoms with Gasteiger partial charge in [0.05, 0.1) is 5.56 Å². The maximum absolute atomic E-state index is 13.9. The highest BCUT2D eigenvalue weighted by Crippen LogP contribution is 2.19. The fraction of sp³-hybridized carbons (Fsp3) is 0.588. The molecule has 0 aliphatic heterocycles. The van der Waals surface area contributed by atoms with Gasteiger partial charge in [-0.15, -0.1) is 0 Å². The number of hydrogen-bond acceptors (Lipinski definition) is 1. The number of benzene rings is 1. The summed E-state index contributed by atoms with van der Waals surface area (Å²) in [4.78, 5) is 1.82. The van der Waals surface area contributed by atoms with E-state index >= 15 is 0 Å². The summed E-state index contributed by atoms with van der Waals surface area (Å²) in [6.45, 7) is 8.96. The second kappa shape index (κ2) is 8.11. The Morgan fingerprint density at radius 1 is 1.19 bits per heavy atom. The third kappa shape index (κ3) is 4.80. The minimum Gasteiger partial charge on any atom is -0.354 e. The van der Waals surface area contributed by atoms with Gasteiger partial charge in [-0.1, -0.05) is 33.3 Å². The van der Waals surface area contributed by atoms with E-state index in [4.69, 9.17) is 5.41 Å². The Balaban J connectivity index is 3.04. The molecule has 0 fully saturated rings. The molecule has 0 aliphatic rings. The number of rotatable bonds is 7. The highest BCUT2D eigenvalue weighted by atomic mass is 19.1. The first-order valence-electron chi connectivity index (χ1n) is 7.68. The van der Waals surface area contributed by atoms with Crippen molar-refractivity contribution < 1.29 is 8.78 Å². The topological polar surface area (TPSA) is 27.1 Å². The van der Waals surface area contributed by atoms with Crippen LogP contribution in [0.5, 0.6) is 0 Å². The van der Waals surface area contributed by atoms with Crippen LogP contribution in [0.4, 0.5) is 8.78 Å². The quantitative estimate of drug-likeness (QED) is 0.566. The van der Waals surface area contributed by atoms with Crippen LogP contribution in [0, 0.1) is 23.0 Å². The second-order valence-electron chi connectivity index (χ2n) is 5.97. The van der Waals surface area contributed by atoms with Gasteiger partial charge in [0.2, 0.25) is 0 Å². The lowest BCUT2D eigenvalue weighted by Crippen LogP contribution is -2.41. The number of hydrogen-bond donors (Lipinski definition) is 1. The summed E-state index contributed by atoms with van der Waals surface area (Å²) in [5.41, 5.74) is -0.218. The number of nitrogens with one attached hydrogen (secondary N) is 1. The van der Waals surface area contributed by atoms with Crippen molar-refractivity contribution in [3.05, 3.63) is 35.4 Å². The highest BCUT2D eigenvalue weighted by molar-refractivity contribution is 5.97. The van der Waals surface area contributed by atoms with Crippen molar-refractivity contribution >= 4 is 5.84 Å². The Morgan fingerprint density at radius 3 is 2.24 bits per heavy atom. The van der Waals surface area contributed by atoms with E-state index in [2.05, 4.69) is 20.8 Å². The molecule has 1 atom stereocenters. The van der Waals surface area contributed by atoms with Gasteiger partial charge in [0, 0.05) is 12.6 Å². The average molecular weight is 296 g/mol. The highest BCUT2D eigenvalue weighted by Gasteiger charge is 2.23. The van der Waals surface area contributed by atoms with E-state index in [1.54, 1.807) is 0 Å². The van der Waals surface area contributed by atoms with E-state index in [-0.39, 0.29) is 17.4 Å². The van der Waals surface area contributed by atoms with Crippen LogP contribution in [-0.4, -0.2) is 23.3 Å². The molecule has 4 heteroatoms. The lowest BCUT2D eigenvalue weighted by atomic mass is 10.0. The van der Waals surface area contributed by atoms with Gasteiger partial charge in [0.15, 0.2) is 0 Å². The van der Waals surface area contributed by atoms with E-state index in [9.17, 15) is 8.78 Å². The smallest absolute Gasteiger partial charge is 0.137 e.